The molecule has 11 heteroatoms. The summed E-state index contributed by atoms with van der Waals surface area (Å²) in [6.45, 7) is 16.7. The Kier molecular flexibility index (Phi) is 10.2. The first kappa shape index (κ1) is 32.3. The predicted molar refractivity (Wildman–Crippen MR) is 168 cm³/mol. The number of anilines is 1. The molecule has 0 spiro atoms. The first-order valence-electron chi connectivity index (χ1n) is 15.8. The smallest absolute Gasteiger partial charge is 0.270 e. The number of fused-ring (bicyclic) bond motifs is 1. The summed E-state index contributed by atoms with van der Waals surface area (Å²) in [5.74, 6) is -0.399. The zero-order chi connectivity index (χ0) is 31.5. The Labute approximate surface area is 260 Å². The van der Waals surface area contributed by atoms with E-state index in [0.29, 0.717) is 43.0 Å². The second-order valence-electron chi connectivity index (χ2n) is 13.0. The lowest BCUT2D eigenvalue weighted by Gasteiger charge is -2.46. The van der Waals surface area contributed by atoms with Crippen LogP contribution in [-0.2, 0) is 16.0 Å². The number of rotatable bonds is 8. The molecule has 44 heavy (non-hydrogen) atoms. The molecule has 5 rings (SSSR count). The van der Waals surface area contributed by atoms with Gasteiger partial charge in [0.15, 0.2) is 0 Å². The number of nitrogens with zero attached hydrogens (tertiary/aromatic N) is 4. The molecule has 0 unspecified atom stereocenters. The Balaban J connectivity index is 1.43. The second kappa shape index (κ2) is 13.9. The number of hydrogen-bond acceptors (Lipinski definition) is 8. The van der Waals surface area contributed by atoms with Crippen LogP contribution in [0.1, 0.15) is 63.2 Å². The molecule has 3 aliphatic rings. The molecule has 1 aromatic heterocycles. The highest BCUT2D eigenvalue weighted by Crippen LogP contribution is 2.35. The molecule has 0 bridgehead atoms. The SMILES string of the molecule is CC(C)NC(=O)c1nc2c(cc1Cc1ccc(F)cc1)N(C(=O)CN1C[C@@H](C)NC[C@@H]1CN1[C@H](C)COC[C@H]1C)[C@@H](C)CO2. The Morgan fingerprint density at radius 1 is 1.07 bits per heavy atom. The number of carbonyl (C=O) groups excluding carboxylic acids is 2. The maximum Gasteiger partial charge on any atom is 0.270 e. The third kappa shape index (κ3) is 7.39. The fraction of sp³-hybridized carbons (Fsp3) is 0.606. The molecule has 2 N–H and O–H groups in total. The summed E-state index contributed by atoms with van der Waals surface area (Å²) in [5, 5.41) is 6.53. The van der Waals surface area contributed by atoms with Crippen molar-refractivity contribution in [2.24, 2.45) is 0 Å². The molecular formula is C33H47FN6O4. The van der Waals surface area contributed by atoms with Crippen LogP contribution >= 0.6 is 0 Å². The summed E-state index contributed by atoms with van der Waals surface area (Å²) < 4.78 is 25.4. The number of morpholine rings is 1. The highest BCUT2D eigenvalue weighted by molar-refractivity contribution is 5.99. The molecule has 2 amide bonds. The lowest BCUT2D eigenvalue weighted by molar-refractivity contribution is -0.122. The minimum absolute atomic E-state index is 0.0295. The van der Waals surface area contributed by atoms with Crippen LogP contribution in [0.25, 0.3) is 0 Å². The van der Waals surface area contributed by atoms with Crippen molar-refractivity contribution in [3.05, 3.63) is 53.0 Å². The summed E-state index contributed by atoms with van der Waals surface area (Å²) in [6.07, 6.45) is 0.352. The third-order valence-corrected chi connectivity index (χ3v) is 8.76. The number of nitrogens with one attached hydrogen (secondary N) is 2. The van der Waals surface area contributed by atoms with E-state index < -0.39 is 0 Å². The maximum atomic E-state index is 14.2. The van der Waals surface area contributed by atoms with E-state index in [4.69, 9.17) is 9.47 Å². The normalized spacial score (nSPS) is 26.3. The van der Waals surface area contributed by atoms with E-state index in [0.717, 1.165) is 25.2 Å². The van der Waals surface area contributed by atoms with Crippen LogP contribution in [0.3, 0.4) is 0 Å². The van der Waals surface area contributed by atoms with Crippen molar-refractivity contribution in [1.29, 1.82) is 0 Å². The molecule has 2 aromatic rings. The van der Waals surface area contributed by atoms with Gasteiger partial charge in [-0.15, -0.1) is 0 Å². The van der Waals surface area contributed by atoms with Gasteiger partial charge < -0.3 is 25.0 Å². The van der Waals surface area contributed by atoms with Crippen molar-refractivity contribution in [2.75, 3.05) is 50.9 Å². The summed E-state index contributed by atoms with van der Waals surface area (Å²) in [4.78, 5) is 38.7. The van der Waals surface area contributed by atoms with E-state index in [1.165, 1.54) is 12.1 Å². The van der Waals surface area contributed by atoms with Crippen LogP contribution in [-0.4, -0.2) is 109 Å². The van der Waals surface area contributed by atoms with Gasteiger partial charge in [-0.2, -0.15) is 0 Å². The second-order valence-corrected chi connectivity index (χ2v) is 13.0. The minimum Gasteiger partial charge on any atom is -0.474 e. The summed E-state index contributed by atoms with van der Waals surface area (Å²) in [7, 11) is 0. The molecular weight excluding hydrogens is 563 g/mol. The van der Waals surface area contributed by atoms with Crippen molar-refractivity contribution in [1.82, 2.24) is 25.4 Å². The van der Waals surface area contributed by atoms with Crippen molar-refractivity contribution in [3.63, 3.8) is 0 Å². The van der Waals surface area contributed by atoms with Crippen LogP contribution in [0.2, 0.25) is 0 Å². The average Bonchev–Trinajstić information content (AvgIpc) is 2.96. The molecule has 3 aliphatic heterocycles. The Morgan fingerprint density at radius 3 is 2.45 bits per heavy atom. The standard InChI is InChI=1S/C33H47FN6O4/c1-20(2)36-32(42)31-26(11-25-7-9-27(34)10-8-25)12-29-33(37-31)44-19-24(6)40(29)30(41)16-38-14-21(3)35-13-28(38)15-39-22(4)17-43-18-23(39)5/h7-10,12,20-24,28,35H,11,13-19H2,1-6H3,(H,36,42)/t21-,22-,23-,24+,28-/m1/s1. The molecule has 240 valence electrons. The lowest BCUT2D eigenvalue weighted by atomic mass is 10.0. The molecule has 0 radical (unpaired) electrons. The van der Waals surface area contributed by atoms with Crippen molar-refractivity contribution < 1.29 is 23.5 Å². The van der Waals surface area contributed by atoms with Gasteiger partial charge in [0, 0.05) is 49.8 Å². The summed E-state index contributed by atoms with van der Waals surface area (Å²) in [5.41, 5.74) is 2.28. The predicted octanol–water partition coefficient (Wildman–Crippen LogP) is 2.84. The molecule has 0 aliphatic carbocycles. The largest absolute Gasteiger partial charge is 0.474 e. The van der Waals surface area contributed by atoms with Crippen molar-refractivity contribution in [2.45, 2.75) is 84.2 Å². The molecule has 1 aromatic carbocycles. The van der Waals surface area contributed by atoms with Crippen molar-refractivity contribution >= 4 is 17.5 Å². The first-order chi connectivity index (χ1) is 21.0. The van der Waals surface area contributed by atoms with Gasteiger partial charge in [-0.25, -0.2) is 9.37 Å². The third-order valence-electron chi connectivity index (χ3n) is 8.76. The first-order valence-corrected chi connectivity index (χ1v) is 15.8. The number of piperazine rings is 1. The zero-order valence-electron chi connectivity index (χ0n) is 26.8. The molecule has 2 fully saturated rings. The minimum atomic E-state index is -0.327. The number of amides is 2. The van der Waals surface area contributed by atoms with Gasteiger partial charge in [0.05, 0.1) is 25.8 Å². The number of ether oxygens (including phenoxy) is 2. The fourth-order valence-corrected chi connectivity index (χ4v) is 6.47. The number of halogens is 1. The highest BCUT2D eigenvalue weighted by atomic mass is 19.1. The summed E-state index contributed by atoms with van der Waals surface area (Å²) >= 11 is 0. The van der Waals surface area contributed by atoms with Gasteiger partial charge in [0.25, 0.3) is 5.91 Å². The van der Waals surface area contributed by atoms with E-state index in [1.54, 1.807) is 17.0 Å². The van der Waals surface area contributed by atoms with Crippen LogP contribution in [0.4, 0.5) is 10.1 Å². The average molecular weight is 611 g/mol. The van der Waals surface area contributed by atoms with Gasteiger partial charge in [-0.05, 0) is 77.3 Å². The van der Waals surface area contributed by atoms with Crippen LogP contribution < -0.4 is 20.3 Å². The summed E-state index contributed by atoms with van der Waals surface area (Å²) in [6, 6.07) is 8.80. The number of carbonyl (C=O) groups is 2. The van der Waals surface area contributed by atoms with Crippen LogP contribution in [0.15, 0.2) is 30.3 Å². The molecule has 0 saturated carbocycles. The Hall–Kier alpha value is -3.12. The molecule has 10 nitrogen and oxygen atoms in total. The van der Waals surface area contributed by atoms with Gasteiger partial charge in [-0.1, -0.05) is 12.1 Å². The quantitative estimate of drug-likeness (QED) is 0.471. The Morgan fingerprint density at radius 2 is 1.77 bits per heavy atom. The Bertz CT molecular complexity index is 1310. The van der Waals surface area contributed by atoms with E-state index in [1.807, 2.05) is 26.8 Å². The molecule has 5 atom stereocenters. The van der Waals surface area contributed by atoms with Gasteiger partial charge in [-0.3, -0.25) is 19.4 Å². The maximum absolute atomic E-state index is 14.2. The number of aromatic nitrogens is 1. The molecule has 2 saturated heterocycles. The fourth-order valence-electron chi connectivity index (χ4n) is 6.47. The zero-order valence-corrected chi connectivity index (χ0v) is 26.8. The monoisotopic (exact) mass is 610 g/mol. The van der Waals surface area contributed by atoms with E-state index in [9.17, 15) is 14.0 Å². The van der Waals surface area contributed by atoms with Gasteiger partial charge in [0.2, 0.25) is 11.8 Å². The van der Waals surface area contributed by atoms with E-state index in [-0.39, 0.29) is 66.5 Å². The highest BCUT2D eigenvalue weighted by Gasteiger charge is 2.37. The van der Waals surface area contributed by atoms with Crippen LogP contribution in [0.5, 0.6) is 5.88 Å². The number of benzene rings is 1. The topological polar surface area (TPSA) is 99.3 Å². The number of pyridine rings is 1. The lowest BCUT2D eigenvalue weighted by Crippen LogP contribution is -2.63. The van der Waals surface area contributed by atoms with Gasteiger partial charge >= 0.3 is 0 Å². The van der Waals surface area contributed by atoms with Crippen LogP contribution in [0, 0.1) is 5.82 Å². The number of hydrogen-bond donors (Lipinski definition) is 2. The van der Waals surface area contributed by atoms with E-state index >= 15 is 0 Å². The van der Waals surface area contributed by atoms with Gasteiger partial charge in [0.1, 0.15) is 23.8 Å². The van der Waals surface area contributed by atoms with E-state index in [2.05, 4.69) is 46.2 Å². The van der Waals surface area contributed by atoms with Crippen molar-refractivity contribution in [3.8, 4) is 5.88 Å². The molecule has 4 heterocycles.